The zero-order valence-electron chi connectivity index (χ0n) is 35.9. The van der Waals surface area contributed by atoms with Crippen LogP contribution in [0.25, 0.3) is 32.6 Å². The maximum absolute atomic E-state index is 4.84. The first-order valence-corrected chi connectivity index (χ1v) is 25.0. The normalized spacial score (nSPS) is 40.3. The van der Waals surface area contributed by atoms with Gasteiger partial charge in [-0.15, -0.1) is 0 Å². The van der Waals surface area contributed by atoms with E-state index in [9.17, 15) is 0 Å². The summed E-state index contributed by atoms with van der Waals surface area (Å²) in [5, 5.41) is 5.15. The predicted octanol–water partition coefficient (Wildman–Crippen LogP) is 14.1. The molecule has 8 aliphatic rings. The van der Waals surface area contributed by atoms with Crippen molar-refractivity contribution in [2.45, 2.75) is 166 Å². The SMILES string of the molecule is CC1(C)C2CC(C3CCC(C4CCC5C6CCCCC6N(C6CCCCC6)C5C4)CC3)C=CC2C2CCC(c3ccc4c(c3)c3ccccc3c3nccnc43)C[C@@H]21. The third-order valence-corrected chi connectivity index (χ3v) is 19.9. The maximum Gasteiger partial charge on any atom is 0.0971 e. The fourth-order valence-corrected chi connectivity index (χ4v) is 17.2. The summed E-state index contributed by atoms with van der Waals surface area (Å²) in [5.41, 5.74) is 4.02. The van der Waals surface area contributed by atoms with Gasteiger partial charge in [-0.25, -0.2) is 0 Å². The highest BCUT2D eigenvalue weighted by atomic mass is 15.3. The van der Waals surface area contributed by atoms with E-state index in [2.05, 4.69) is 73.4 Å². The van der Waals surface area contributed by atoms with E-state index in [4.69, 9.17) is 9.97 Å². The van der Waals surface area contributed by atoms with Crippen LogP contribution in [0, 0.1) is 64.6 Å². The summed E-state index contributed by atoms with van der Waals surface area (Å²) in [7, 11) is 0. The van der Waals surface area contributed by atoms with Crippen LogP contribution >= 0.6 is 0 Å². The molecule has 3 heteroatoms. The minimum atomic E-state index is 0.408. The van der Waals surface area contributed by atoms with Gasteiger partial charge < -0.3 is 0 Å². The number of allylic oxidation sites excluding steroid dienone is 2. The van der Waals surface area contributed by atoms with Gasteiger partial charge >= 0.3 is 0 Å². The minimum Gasteiger partial charge on any atom is -0.294 e. The Kier molecular flexibility index (Phi) is 9.38. The summed E-state index contributed by atoms with van der Waals surface area (Å²) in [6, 6.07) is 19.1. The molecular weight excluding hydrogens is 703 g/mol. The van der Waals surface area contributed by atoms with Crippen LogP contribution in [0.3, 0.4) is 0 Å². The molecule has 0 amide bonds. The maximum atomic E-state index is 4.84. The Morgan fingerprint density at radius 2 is 1.22 bits per heavy atom. The summed E-state index contributed by atoms with van der Waals surface area (Å²) in [6.07, 6.45) is 39.2. The lowest BCUT2D eigenvalue weighted by atomic mass is 9.61. The molecule has 0 spiro atoms. The first-order chi connectivity index (χ1) is 28.5. The first-order valence-electron chi connectivity index (χ1n) is 25.0. The lowest BCUT2D eigenvalue weighted by molar-refractivity contribution is 0.0366. The molecule has 7 aliphatic carbocycles. The van der Waals surface area contributed by atoms with E-state index in [-0.39, 0.29) is 0 Å². The molecule has 2 heterocycles. The van der Waals surface area contributed by atoms with E-state index in [0.29, 0.717) is 11.3 Å². The van der Waals surface area contributed by atoms with Gasteiger partial charge in [0.05, 0.1) is 11.0 Å². The smallest absolute Gasteiger partial charge is 0.0971 e. The summed E-state index contributed by atoms with van der Waals surface area (Å²) in [6.45, 7) is 5.41. The second-order valence-electron chi connectivity index (χ2n) is 22.4. The molecule has 6 saturated carbocycles. The molecule has 3 nitrogen and oxygen atoms in total. The number of rotatable bonds is 4. The van der Waals surface area contributed by atoms with Crippen LogP contribution < -0.4 is 0 Å². The van der Waals surface area contributed by atoms with Crippen molar-refractivity contribution in [1.29, 1.82) is 0 Å². The molecule has 11 atom stereocenters. The van der Waals surface area contributed by atoms with Gasteiger partial charge in [0.15, 0.2) is 0 Å². The second kappa shape index (κ2) is 14.7. The lowest BCUT2D eigenvalue weighted by Gasteiger charge is -2.46. The van der Waals surface area contributed by atoms with Crippen LogP contribution in [-0.4, -0.2) is 33.0 Å². The zero-order chi connectivity index (χ0) is 38.5. The molecule has 7 fully saturated rings. The Morgan fingerprint density at radius 3 is 2.05 bits per heavy atom. The molecule has 4 aromatic rings. The molecule has 58 heavy (non-hydrogen) atoms. The molecule has 3 aromatic carbocycles. The Morgan fingerprint density at radius 1 is 0.534 bits per heavy atom. The minimum absolute atomic E-state index is 0.408. The Bertz CT molecular complexity index is 2130. The fraction of sp³-hybridized carbons (Fsp3) is 0.673. The summed E-state index contributed by atoms with van der Waals surface area (Å²) in [5.74, 6) is 9.84. The molecule has 1 saturated heterocycles. The molecule has 0 bridgehead atoms. The average Bonchev–Trinajstić information content (AvgIpc) is 3.73. The highest BCUT2D eigenvalue weighted by Crippen LogP contribution is 2.65. The van der Waals surface area contributed by atoms with Crippen molar-refractivity contribution in [2.75, 3.05) is 0 Å². The van der Waals surface area contributed by atoms with Crippen LogP contribution in [-0.2, 0) is 0 Å². The van der Waals surface area contributed by atoms with E-state index in [1.165, 1.54) is 124 Å². The van der Waals surface area contributed by atoms with Crippen LogP contribution in [0.1, 0.15) is 154 Å². The topological polar surface area (TPSA) is 29.0 Å². The largest absolute Gasteiger partial charge is 0.294 e. The van der Waals surface area contributed by atoms with Crippen LogP contribution in [0.2, 0.25) is 0 Å². The van der Waals surface area contributed by atoms with Gasteiger partial charge in [-0.3, -0.25) is 14.9 Å². The number of nitrogens with zero attached hydrogens (tertiary/aromatic N) is 3. The van der Waals surface area contributed by atoms with Crippen molar-refractivity contribution in [3.05, 3.63) is 72.6 Å². The van der Waals surface area contributed by atoms with Gasteiger partial charge in [-0.1, -0.05) is 101 Å². The van der Waals surface area contributed by atoms with Gasteiger partial charge in [0.2, 0.25) is 0 Å². The number of benzene rings is 3. The van der Waals surface area contributed by atoms with Crippen LogP contribution in [0.5, 0.6) is 0 Å². The second-order valence-corrected chi connectivity index (χ2v) is 22.4. The van der Waals surface area contributed by atoms with E-state index in [0.717, 1.165) is 88.3 Å². The van der Waals surface area contributed by atoms with Crippen molar-refractivity contribution >= 4 is 32.6 Å². The Labute approximate surface area is 349 Å². The Balaban J connectivity index is 0.717. The van der Waals surface area contributed by atoms with Gasteiger partial charge in [0.25, 0.3) is 0 Å². The van der Waals surface area contributed by atoms with Gasteiger partial charge in [0, 0.05) is 41.3 Å². The van der Waals surface area contributed by atoms with E-state index in [1.54, 1.807) is 31.2 Å². The summed E-state index contributed by atoms with van der Waals surface area (Å²) < 4.78 is 0. The number of hydrogen-bond donors (Lipinski definition) is 0. The van der Waals surface area contributed by atoms with E-state index >= 15 is 0 Å². The van der Waals surface area contributed by atoms with Crippen molar-refractivity contribution < 1.29 is 0 Å². The van der Waals surface area contributed by atoms with Gasteiger partial charge in [-0.05, 0) is 183 Å². The van der Waals surface area contributed by atoms with Crippen LogP contribution in [0.4, 0.5) is 0 Å². The Hall–Kier alpha value is -2.78. The fourth-order valence-electron chi connectivity index (χ4n) is 17.2. The van der Waals surface area contributed by atoms with Gasteiger partial charge in [0.1, 0.15) is 0 Å². The van der Waals surface area contributed by atoms with E-state index < -0.39 is 0 Å². The van der Waals surface area contributed by atoms with Crippen molar-refractivity contribution in [1.82, 2.24) is 14.9 Å². The molecule has 0 N–H and O–H groups in total. The highest BCUT2D eigenvalue weighted by molar-refractivity contribution is 6.23. The molecule has 1 aliphatic heterocycles. The average molecular weight is 774 g/mol. The summed E-state index contributed by atoms with van der Waals surface area (Å²) >= 11 is 0. The molecular formula is C55H71N3. The van der Waals surface area contributed by atoms with Gasteiger partial charge in [-0.2, -0.15) is 0 Å². The summed E-state index contributed by atoms with van der Waals surface area (Å²) in [4.78, 5) is 12.9. The molecule has 306 valence electrons. The zero-order valence-corrected chi connectivity index (χ0v) is 35.9. The quantitative estimate of drug-likeness (QED) is 0.153. The number of likely N-dealkylation sites (tertiary alicyclic amines) is 1. The number of fused-ring (bicyclic) bond motifs is 12. The third kappa shape index (κ3) is 5.95. The monoisotopic (exact) mass is 774 g/mol. The standard InChI is InChI=1S/C55H71N3/c1-55(2)49-31-37(34-16-18-35(19-17-34)39-22-26-45-44-13-8-9-15-51(44)58(52(45)33-39)40-10-4-3-5-11-40)20-24-42(49)43-25-21-38(32-50(43)55)36-23-27-47-48(30-36)41-12-6-7-14-46(41)53-54(47)57-29-28-56-53/h6-7,12,14,20,23-24,27-30,34-35,37-40,42-45,49-52H,3-5,8-11,13,15-19,21-22,25-26,31-33H2,1-2H3/t34?,35?,37?,38?,39?,42?,43?,44?,45?,49?,50-,51?,52?/m0/s1. The van der Waals surface area contributed by atoms with Crippen LogP contribution in [0.15, 0.2) is 67.0 Å². The molecule has 10 unspecified atom stereocenters. The van der Waals surface area contributed by atoms with Crippen molar-refractivity contribution in [2.24, 2.45) is 64.6 Å². The number of hydrogen-bond acceptors (Lipinski definition) is 3. The van der Waals surface area contributed by atoms with Crippen molar-refractivity contribution in [3.63, 3.8) is 0 Å². The predicted molar refractivity (Wildman–Crippen MR) is 241 cm³/mol. The highest BCUT2D eigenvalue weighted by Gasteiger charge is 2.57. The first kappa shape index (κ1) is 37.0. The molecule has 0 radical (unpaired) electrons. The number of aromatic nitrogens is 2. The van der Waals surface area contributed by atoms with Crippen molar-refractivity contribution in [3.8, 4) is 0 Å². The molecule has 12 rings (SSSR count). The lowest BCUT2D eigenvalue weighted by Crippen LogP contribution is -2.48. The third-order valence-electron chi connectivity index (χ3n) is 19.9. The van der Waals surface area contributed by atoms with E-state index in [1.807, 2.05) is 12.4 Å². The molecule has 1 aromatic heterocycles.